The fraction of sp³-hybridized carbons (Fsp3) is 0.318. The van der Waals surface area contributed by atoms with E-state index in [1.807, 2.05) is 50.5 Å². The summed E-state index contributed by atoms with van der Waals surface area (Å²) in [6.07, 6.45) is 2.51. The third-order valence-corrected chi connectivity index (χ3v) is 5.94. The molecule has 0 spiro atoms. The lowest BCUT2D eigenvalue weighted by atomic mass is 10.1. The topological polar surface area (TPSA) is 68.6 Å². The normalized spacial score (nSPS) is 15.5. The van der Waals surface area contributed by atoms with Gasteiger partial charge in [0.15, 0.2) is 0 Å². The first kappa shape index (κ1) is 20.9. The Kier molecular flexibility index (Phi) is 5.98. The van der Waals surface area contributed by atoms with E-state index in [9.17, 15) is 14.4 Å². The van der Waals surface area contributed by atoms with Crippen molar-refractivity contribution in [1.82, 2.24) is 9.47 Å². The number of rotatable bonds is 5. The van der Waals surface area contributed by atoms with E-state index >= 15 is 0 Å². The van der Waals surface area contributed by atoms with E-state index in [4.69, 9.17) is 4.74 Å². The molecule has 1 aromatic carbocycles. The van der Waals surface area contributed by atoms with Crippen LogP contribution >= 0.6 is 11.8 Å². The number of benzene rings is 1. The molecule has 1 fully saturated rings. The Labute approximate surface area is 174 Å². The van der Waals surface area contributed by atoms with Gasteiger partial charge in [0.05, 0.1) is 17.6 Å². The van der Waals surface area contributed by atoms with E-state index in [2.05, 4.69) is 0 Å². The standard InChI is InChI=1S/C22H24N2O4S/c1-6-10-23-20(25)19(29-22(23)27)12-16-11-13(2)24(15(16)4)18-9-7-8-17(14(18)3)21(26)28-5/h7-9,11-12H,6,10H2,1-5H3/b19-12+. The highest BCUT2D eigenvalue weighted by atomic mass is 32.2. The number of aromatic nitrogens is 1. The molecule has 1 saturated heterocycles. The van der Waals surface area contributed by atoms with Crippen LogP contribution in [0.4, 0.5) is 4.79 Å². The van der Waals surface area contributed by atoms with Crippen molar-refractivity contribution < 1.29 is 19.1 Å². The summed E-state index contributed by atoms with van der Waals surface area (Å²) in [5, 5.41) is -0.224. The van der Waals surface area contributed by atoms with Crippen LogP contribution < -0.4 is 0 Å². The molecule has 0 saturated carbocycles. The Morgan fingerprint density at radius 2 is 1.93 bits per heavy atom. The fourth-order valence-electron chi connectivity index (χ4n) is 3.56. The Balaban J connectivity index is 2.04. The van der Waals surface area contributed by atoms with Crippen LogP contribution in [0.25, 0.3) is 11.8 Å². The second-order valence-electron chi connectivity index (χ2n) is 6.94. The van der Waals surface area contributed by atoms with Crippen LogP contribution in [-0.4, -0.2) is 40.2 Å². The zero-order valence-electron chi connectivity index (χ0n) is 17.2. The molecule has 0 aliphatic carbocycles. The van der Waals surface area contributed by atoms with Gasteiger partial charge in [0, 0.05) is 23.6 Å². The van der Waals surface area contributed by atoms with Gasteiger partial charge in [-0.05, 0) is 74.4 Å². The number of methoxy groups -OCH3 is 1. The molecule has 2 amide bonds. The van der Waals surface area contributed by atoms with E-state index in [1.165, 1.54) is 12.0 Å². The van der Waals surface area contributed by atoms with Crippen LogP contribution in [0.2, 0.25) is 0 Å². The van der Waals surface area contributed by atoms with Crippen molar-refractivity contribution in [2.45, 2.75) is 34.1 Å². The number of carbonyl (C=O) groups excluding carboxylic acids is 3. The minimum Gasteiger partial charge on any atom is -0.465 e. The maximum atomic E-state index is 12.5. The molecular weight excluding hydrogens is 388 g/mol. The number of imide groups is 1. The summed E-state index contributed by atoms with van der Waals surface area (Å²) in [7, 11) is 1.37. The van der Waals surface area contributed by atoms with Crippen molar-refractivity contribution >= 4 is 35.0 Å². The Hall–Kier alpha value is -2.80. The lowest BCUT2D eigenvalue weighted by Crippen LogP contribution is -2.28. The van der Waals surface area contributed by atoms with Crippen molar-refractivity contribution in [3.05, 3.63) is 57.2 Å². The lowest BCUT2D eigenvalue weighted by molar-refractivity contribution is -0.122. The molecule has 3 rings (SSSR count). The first-order valence-electron chi connectivity index (χ1n) is 9.42. The van der Waals surface area contributed by atoms with E-state index < -0.39 is 0 Å². The molecule has 0 atom stereocenters. The van der Waals surface area contributed by atoms with Crippen molar-refractivity contribution in [1.29, 1.82) is 0 Å². The van der Waals surface area contributed by atoms with Gasteiger partial charge in [-0.25, -0.2) is 4.79 Å². The molecule has 7 heteroatoms. The molecule has 0 unspecified atom stereocenters. The highest BCUT2D eigenvalue weighted by Crippen LogP contribution is 2.34. The average molecular weight is 413 g/mol. The SMILES string of the molecule is CCCN1C(=O)S/C(=C/c2cc(C)n(-c3cccc(C(=O)OC)c3C)c2C)C1=O. The molecule has 1 aromatic heterocycles. The molecule has 0 bridgehead atoms. The average Bonchev–Trinajstić information content (AvgIpc) is 3.11. The first-order chi connectivity index (χ1) is 13.8. The zero-order chi connectivity index (χ0) is 21.3. The van der Waals surface area contributed by atoms with E-state index in [0.717, 1.165) is 46.4 Å². The van der Waals surface area contributed by atoms with Crippen LogP contribution in [0, 0.1) is 20.8 Å². The summed E-state index contributed by atoms with van der Waals surface area (Å²) in [5.74, 6) is -0.618. The summed E-state index contributed by atoms with van der Waals surface area (Å²) in [5.41, 5.74) is 4.96. The zero-order valence-corrected chi connectivity index (χ0v) is 18.1. The summed E-state index contributed by atoms with van der Waals surface area (Å²) in [4.78, 5) is 38.4. The quantitative estimate of drug-likeness (QED) is 0.529. The number of thioether (sulfide) groups is 1. The van der Waals surface area contributed by atoms with Crippen molar-refractivity contribution in [2.24, 2.45) is 0 Å². The number of hydrogen-bond acceptors (Lipinski definition) is 5. The largest absolute Gasteiger partial charge is 0.465 e. The molecule has 1 aliphatic rings. The first-order valence-corrected chi connectivity index (χ1v) is 10.2. The number of esters is 1. The highest BCUT2D eigenvalue weighted by Gasteiger charge is 2.34. The Morgan fingerprint density at radius 3 is 2.59 bits per heavy atom. The van der Waals surface area contributed by atoms with Gasteiger partial charge in [0.1, 0.15) is 0 Å². The van der Waals surface area contributed by atoms with Crippen LogP contribution in [-0.2, 0) is 9.53 Å². The smallest absolute Gasteiger partial charge is 0.338 e. The van der Waals surface area contributed by atoms with E-state index in [0.29, 0.717) is 17.0 Å². The van der Waals surface area contributed by atoms with Crippen LogP contribution in [0.1, 0.15) is 46.2 Å². The van der Waals surface area contributed by atoms with Crippen molar-refractivity contribution in [3.8, 4) is 5.69 Å². The van der Waals surface area contributed by atoms with Crippen molar-refractivity contribution in [3.63, 3.8) is 0 Å². The van der Waals surface area contributed by atoms with E-state index in [1.54, 1.807) is 12.1 Å². The van der Waals surface area contributed by atoms with Gasteiger partial charge in [-0.2, -0.15) is 0 Å². The molecule has 6 nitrogen and oxygen atoms in total. The highest BCUT2D eigenvalue weighted by molar-refractivity contribution is 8.18. The molecule has 0 N–H and O–H groups in total. The number of ether oxygens (including phenoxy) is 1. The van der Waals surface area contributed by atoms with Gasteiger partial charge in [0.2, 0.25) is 0 Å². The summed E-state index contributed by atoms with van der Waals surface area (Å²) in [6.45, 7) is 8.18. The monoisotopic (exact) mass is 412 g/mol. The predicted molar refractivity (Wildman–Crippen MR) is 114 cm³/mol. The van der Waals surface area contributed by atoms with Crippen LogP contribution in [0.3, 0.4) is 0 Å². The molecule has 1 aliphatic heterocycles. The number of aryl methyl sites for hydroxylation is 1. The molecule has 152 valence electrons. The second kappa shape index (κ2) is 8.29. The Bertz CT molecular complexity index is 1040. The molecular formula is C22H24N2O4S. The molecule has 29 heavy (non-hydrogen) atoms. The third-order valence-electron chi connectivity index (χ3n) is 5.03. The number of nitrogens with zero attached hydrogens (tertiary/aromatic N) is 2. The lowest BCUT2D eigenvalue weighted by Gasteiger charge is -2.15. The third kappa shape index (κ3) is 3.74. The summed E-state index contributed by atoms with van der Waals surface area (Å²) < 4.78 is 6.93. The number of hydrogen-bond donors (Lipinski definition) is 0. The summed E-state index contributed by atoms with van der Waals surface area (Å²) >= 11 is 0.977. The van der Waals surface area contributed by atoms with Crippen LogP contribution in [0.5, 0.6) is 0 Å². The predicted octanol–water partition coefficient (Wildman–Crippen LogP) is 4.64. The second-order valence-corrected chi connectivity index (χ2v) is 7.93. The number of amides is 2. The number of carbonyl (C=O) groups is 3. The van der Waals surface area contributed by atoms with Crippen LogP contribution in [0.15, 0.2) is 29.2 Å². The van der Waals surface area contributed by atoms with Gasteiger partial charge in [-0.15, -0.1) is 0 Å². The van der Waals surface area contributed by atoms with Gasteiger partial charge < -0.3 is 9.30 Å². The van der Waals surface area contributed by atoms with Gasteiger partial charge in [-0.1, -0.05) is 13.0 Å². The van der Waals surface area contributed by atoms with Crippen molar-refractivity contribution in [2.75, 3.05) is 13.7 Å². The fourth-order valence-corrected chi connectivity index (χ4v) is 4.41. The van der Waals surface area contributed by atoms with Gasteiger partial charge >= 0.3 is 5.97 Å². The van der Waals surface area contributed by atoms with Gasteiger partial charge in [-0.3, -0.25) is 14.5 Å². The summed E-state index contributed by atoms with van der Waals surface area (Å²) in [6, 6.07) is 7.49. The van der Waals surface area contributed by atoms with E-state index in [-0.39, 0.29) is 17.1 Å². The molecule has 0 radical (unpaired) electrons. The maximum Gasteiger partial charge on any atom is 0.338 e. The van der Waals surface area contributed by atoms with Gasteiger partial charge in [0.25, 0.3) is 11.1 Å². The molecule has 2 heterocycles. The molecule has 2 aromatic rings. The maximum absolute atomic E-state index is 12.5. The minimum absolute atomic E-state index is 0.224. The Morgan fingerprint density at radius 1 is 1.21 bits per heavy atom. The minimum atomic E-state index is -0.378.